The molecule has 0 spiro atoms. The molecule has 222 valence electrons. The molecule has 2 N–H and O–H groups in total. The van der Waals surface area contributed by atoms with Gasteiger partial charge in [-0.3, -0.25) is 9.59 Å². The van der Waals surface area contributed by atoms with Crippen LogP contribution in [0.15, 0.2) is 18.2 Å². The van der Waals surface area contributed by atoms with Crippen molar-refractivity contribution >= 4 is 17.9 Å². The average molecular weight is 546 g/mol. The van der Waals surface area contributed by atoms with Gasteiger partial charge in [-0.25, -0.2) is 4.79 Å². The molecule has 0 bridgehead atoms. The van der Waals surface area contributed by atoms with Crippen LogP contribution in [0.1, 0.15) is 123 Å². The fourth-order valence-corrected chi connectivity index (χ4v) is 4.77. The van der Waals surface area contributed by atoms with Crippen LogP contribution in [0.2, 0.25) is 0 Å². The first-order valence-corrected chi connectivity index (χ1v) is 14.9. The fourth-order valence-electron chi connectivity index (χ4n) is 4.77. The maximum Gasteiger partial charge on any atom is 0.408 e. The van der Waals surface area contributed by atoms with Gasteiger partial charge in [-0.15, -0.1) is 0 Å². The Morgan fingerprint density at radius 2 is 1.62 bits per heavy atom. The summed E-state index contributed by atoms with van der Waals surface area (Å²) in [7, 11) is 0. The van der Waals surface area contributed by atoms with Crippen LogP contribution in [0.3, 0.4) is 0 Å². The summed E-state index contributed by atoms with van der Waals surface area (Å²) in [5.74, 6) is -0.294. The molecule has 0 saturated carbocycles. The molecule has 1 aromatic carbocycles. The van der Waals surface area contributed by atoms with Gasteiger partial charge < -0.3 is 20.3 Å². The summed E-state index contributed by atoms with van der Waals surface area (Å²) < 4.78 is 5.50. The highest BCUT2D eigenvalue weighted by molar-refractivity contribution is 5.92. The number of benzene rings is 1. The van der Waals surface area contributed by atoms with E-state index in [1.807, 2.05) is 52.8 Å². The number of hydrogen-bond acceptors (Lipinski definition) is 4. The first kappa shape index (κ1) is 34.5. The van der Waals surface area contributed by atoms with Crippen molar-refractivity contribution in [1.82, 2.24) is 15.5 Å². The van der Waals surface area contributed by atoms with Gasteiger partial charge in [0, 0.05) is 12.6 Å². The van der Waals surface area contributed by atoms with Crippen molar-refractivity contribution in [3.05, 3.63) is 34.9 Å². The molecule has 3 atom stereocenters. The third-order valence-corrected chi connectivity index (χ3v) is 6.84. The number of carbonyl (C=O) groups is 3. The number of ether oxygens (including phenoxy) is 1. The van der Waals surface area contributed by atoms with Gasteiger partial charge in [-0.1, -0.05) is 71.6 Å². The van der Waals surface area contributed by atoms with Gasteiger partial charge in [0.2, 0.25) is 11.8 Å². The molecule has 7 heteroatoms. The molecule has 0 fully saturated rings. The van der Waals surface area contributed by atoms with E-state index in [-0.39, 0.29) is 23.8 Å². The quantitative estimate of drug-likeness (QED) is 0.232. The number of nitrogens with one attached hydrogen (secondary N) is 2. The predicted molar refractivity (Wildman–Crippen MR) is 160 cm³/mol. The number of unbranched alkanes of at least 4 members (excludes halogenated alkanes) is 3. The molecule has 0 saturated heterocycles. The van der Waals surface area contributed by atoms with E-state index in [2.05, 4.69) is 24.5 Å². The zero-order valence-corrected chi connectivity index (χ0v) is 26.3. The van der Waals surface area contributed by atoms with Gasteiger partial charge in [0.15, 0.2) is 0 Å². The Balaban J connectivity index is 3.59. The highest BCUT2D eigenvalue weighted by atomic mass is 16.6. The second kappa shape index (κ2) is 16.5. The summed E-state index contributed by atoms with van der Waals surface area (Å²) in [4.78, 5) is 42.8. The summed E-state index contributed by atoms with van der Waals surface area (Å²) in [5.41, 5.74) is 2.19. The van der Waals surface area contributed by atoms with E-state index in [0.29, 0.717) is 13.0 Å². The van der Waals surface area contributed by atoms with Crippen molar-refractivity contribution in [3.63, 3.8) is 0 Å². The lowest BCUT2D eigenvalue weighted by atomic mass is 9.93. The zero-order valence-electron chi connectivity index (χ0n) is 26.3. The van der Waals surface area contributed by atoms with Crippen molar-refractivity contribution in [2.75, 3.05) is 6.54 Å². The lowest BCUT2D eigenvalue weighted by molar-refractivity contribution is -0.143. The minimum Gasteiger partial charge on any atom is -0.444 e. The van der Waals surface area contributed by atoms with E-state index in [9.17, 15) is 14.4 Å². The molecule has 3 amide bonds. The van der Waals surface area contributed by atoms with Crippen LogP contribution in [-0.2, 0) is 14.3 Å². The summed E-state index contributed by atoms with van der Waals surface area (Å²) >= 11 is 0. The molecule has 1 aromatic rings. The fraction of sp³-hybridized carbons (Fsp3) is 0.719. The third-order valence-electron chi connectivity index (χ3n) is 6.84. The van der Waals surface area contributed by atoms with Crippen LogP contribution < -0.4 is 10.6 Å². The van der Waals surface area contributed by atoms with E-state index in [1.54, 1.807) is 25.7 Å². The molecule has 0 aromatic heterocycles. The SMILES string of the molecule is CCCCCCN(C(=O)C(CC(C)C)NC(=O)OC(C)(C)C)C(C(=O)NC(C)CCC)c1cccc(C)c1C. The molecule has 39 heavy (non-hydrogen) atoms. The number of nitrogens with zero attached hydrogens (tertiary/aromatic N) is 1. The van der Waals surface area contributed by atoms with Gasteiger partial charge in [-0.05, 0) is 83.4 Å². The Morgan fingerprint density at radius 1 is 0.949 bits per heavy atom. The van der Waals surface area contributed by atoms with Crippen molar-refractivity contribution in [1.29, 1.82) is 0 Å². The van der Waals surface area contributed by atoms with Gasteiger partial charge in [0.1, 0.15) is 17.7 Å². The Morgan fingerprint density at radius 3 is 2.18 bits per heavy atom. The maximum absolute atomic E-state index is 14.3. The molecular formula is C32H55N3O4. The summed E-state index contributed by atoms with van der Waals surface area (Å²) in [5, 5.41) is 6.00. The number of carbonyl (C=O) groups excluding carboxylic acids is 3. The minimum absolute atomic E-state index is 0.0153. The van der Waals surface area contributed by atoms with Crippen LogP contribution in [0.4, 0.5) is 4.79 Å². The van der Waals surface area contributed by atoms with Gasteiger partial charge in [0.05, 0.1) is 0 Å². The summed E-state index contributed by atoms with van der Waals surface area (Å²) in [6, 6.07) is 4.29. The highest BCUT2D eigenvalue weighted by Gasteiger charge is 2.37. The predicted octanol–water partition coefficient (Wildman–Crippen LogP) is 7.00. The zero-order chi connectivity index (χ0) is 29.8. The molecule has 0 heterocycles. The van der Waals surface area contributed by atoms with Gasteiger partial charge in [0.25, 0.3) is 0 Å². The number of hydrogen-bond donors (Lipinski definition) is 2. The highest BCUT2D eigenvalue weighted by Crippen LogP contribution is 2.29. The standard InChI is InChI=1S/C32H55N3O4/c1-11-13-14-15-20-35(30(37)27(21-22(3)4)34-31(38)39-32(8,9)10)28(29(36)33-24(6)17-12-2)26-19-16-18-23(5)25(26)7/h16,18-19,22,24,27-28H,11-15,17,20-21H2,1-10H3,(H,33,36)(H,34,38). The smallest absolute Gasteiger partial charge is 0.408 e. The summed E-state index contributed by atoms with van der Waals surface area (Å²) in [6.07, 6.45) is 5.48. The second-order valence-electron chi connectivity index (χ2n) is 12.3. The van der Waals surface area contributed by atoms with Crippen molar-refractivity contribution in [2.24, 2.45) is 5.92 Å². The van der Waals surface area contributed by atoms with Crippen molar-refractivity contribution in [3.8, 4) is 0 Å². The Labute approximate surface area is 237 Å². The molecule has 0 aliphatic rings. The normalized spacial score (nSPS) is 13.9. The lowest BCUT2D eigenvalue weighted by Crippen LogP contribution is -2.54. The van der Waals surface area contributed by atoms with E-state index < -0.39 is 23.8 Å². The Hall–Kier alpha value is -2.57. The first-order valence-electron chi connectivity index (χ1n) is 14.9. The Kier molecular flexibility index (Phi) is 14.6. The molecule has 3 unspecified atom stereocenters. The third kappa shape index (κ3) is 12.0. The molecule has 1 rings (SSSR count). The molecule has 0 aliphatic heterocycles. The van der Waals surface area contributed by atoms with Crippen LogP contribution in [-0.4, -0.2) is 47.0 Å². The molecule has 7 nitrogen and oxygen atoms in total. The van der Waals surface area contributed by atoms with E-state index in [4.69, 9.17) is 4.74 Å². The first-order chi connectivity index (χ1) is 18.2. The monoisotopic (exact) mass is 545 g/mol. The van der Waals surface area contributed by atoms with Gasteiger partial charge >= 0.3 is 6.09 Å². The lowest BCUT2D eigenvalue weighted by Gasteiger charge is -2.36. The van der Waals surface area contributed by atoms with E-state index >= 15 is 0 Å². The second-order valence-corrected chi connectivity index (χ2v) is 12.3. The van der Waals surface area contributed by atoms with Crippen LogP contribution in [0.25, 0.3) is 0 Å². The number of aryl methyl sites for hydroxylation is 1. The van der Waals surface area contributed by atoms with E-state index in [0.717, 1.165) is 55.2 Å². The van der Waals surface area contributed by atoms with Crippen LogP contribution in [0.5, 0.6) is 0 Å². The maximum atomic E-state index is 14.3. The topological polar surface area (TPSA) is 87.7 Å². The van der Waals surface area contributed by atoms with Crippen molar-refractivity contribution in [2.45, 2.75) is 138 Å². The number of amides is 3. The largest absolute Gasteiger partial charge is 0.444 e. The molecule has 0 aliphatic carbocycles. The van der Waals surface area contributed by atoms with Gasteiger partial charge in [-0.2, -0.15) is 0 Å². The summed E-state index contributed by atoms with van der Waals surface area (Å²) in [6.45, 7) is 20.1. The van der Waals surface area contributed by atoms with E-state index in [1.165, 1.54) is 0 Å². The Bertz CT molecular complexity index is 922. The van der Waals surface area contributed by atoms with Crippen LogP contribution >= 0.6 is 0 Å². The molecule has 0 radical (unpaired) electrons. The minimum atomic E-state index is -0.806. The van der Waals surface area contributed by atoms with Crippen molar-refractivity contribution < 1.29 is 19.1 Å². The number of rotatable bonds is 15. The average Bonchev–Trinajstić information content (AvgIpc) is 2.81. The number of alkyl carbamates (subject to hydrolysis) is 1. The molecular weight excluding hydrogens is 490 g/mol. The van der Waals surface area contributed by atoms with Crippen LogP contribution in [0, 0.1) is 19.8 Å².